The van der Waals surface area contributed by atoms with Crippen molar-refractivity contribution in [3.05, 3.63) is 56.4 Å². The van der Waals surface area contributed by atoms with Crippen molar-refractivity contribution in [3.8, 4) is 5.69 Å². The molecule has 2 aromatic rings. The number of hydrogen-bond acceptors (Lipinski definition) is 4. The Labute approximate surface area is 114 Å². The number of hydrogen-bond donors (Lipinski definition) is 1. The van der Waals surface area contributed by atoms with Crippen LogP contribution in [0.15, 0.2) is 34.0 Å². The fourth-order valence-corrected chi connectivity index (χ4v) is 1.91. The summed E-state index contributed by atoms with van der Waals surface area (Å²) in [5, 5.41) is 3.81. The molecule has 0 aliphatic heterocycles. The lowest BCUT2D eigenvalue weighted by Crippen LogP contribution is -2.39. The van der Waals surface area contributed by atoms with Crippen LogP contribution < -0.4 is 17.0 Å². The number of amides is 1. The van der Waals surface area contributed by atoms with Crippen LogP contribution in [0.2, 0.25) is 0 Å². The Kier molecular flexibility index (Phi) is 3.51. The molecule has 0 spiro atoms. The number of nitrogens with zero attached hydrogens (tertiary/aromatic N) is 3. The van der Waals surface area contributed by atoms with Crippen LogP contribution in [0.4, 0.5) is 0 Å². The second-order valence-corrected chi connectivity index (χ2v) is 4.28. The standard InChI is InChI=1S/C13H14N4O3/c1-3-16-11(18)7-15-17(13(16)20)9-5-4-8(2)10(6-9)12(14)19/h4-7H,3H2,1-2H3,(H2,14,19). The van der Waals surface area contributed by atoms with E-state index < -0.39 is 17.2 Å². The predicted molar refractivity (Wildman–Crippen MR) is 73.0 cm³/mol. The zero-order chi connectivity index (χ0) is 14.9. The van der Waals surface area contributed by atoms with E-state index in [2.05, 4.69) is 5.10 Å². The van der Waals surface area contributed by atoms with Crippen LogP contribution in [-0.2, 0) is 6.54 Å². The fraction of sp³-hybridized carbons (Fsp3) is 0.231. The number of aromatic nitrogens is 3. The predicted octanol–water partition coefficient (Wildman–Crippen LogP) is -0.179. The zero-order valence-electron chi connectivity index (χ0n) is 11.2. The van der Waals surface area contributed by atoms with Crippen LogP contribution in [-0.4, -0.2) is 20.3 Å². The smallest absolute Gasteiger partial charge is 0.352 e. The van der Waals surface area contributed by atoms with Gasteiger partial charge in [0.05, 0.1) is 5.69 Å². The van der Waals surface area contributed by atoms with Gasteiger partial charge >= 0.3 is 5.69 Å². The van der Waals surface area contributed by atoms with Crippen molar-refractivity contribution in [2.45, 2.75) is 20.4 Å². The van der Waals surface area contributed by atoms with E-state index in [9.17, 15) is 14.4 Å². The van der Waals surface area contributed by atoms with Crippen LogP contribution in [0, 0.1) is 6.92 Å². The van der Waals surface area contributed by atoms with E-state index in [0.717, 1.165) is 15.4 Å². The number of primary amides is 1. The van der Waals surface area contributed by atoms with Crippen LogP contribution in [0.1, 0.15) is 22.8 Å². The first-order valence-electron chi connectivity index (χ1n) is 6.05. The molecule has 1 aromatic carbocycles. The van der Waals surface area contributed by atoms with Crippen molar-refractivity contribution in [3.63, 3.8) is 0 Å². The van der Waals surface area contributed by atoms with Gasteiger partial charge < -0.3 is 5.73 Å². The van der Waals surface area contributed by atoms with E-state index in [1.807, 2.05) is 0 Å². The number of carbonyl (C=O) groups is 1. The molecule has 0 fully saturated rings. The van der Waals surface area contributed by atoms with E-state index in [4.69, 9.17) is 5.73 Å². The quantitative estimate of drug-likeness (QED) is 0.839. The summed E-state index contributed by atoms with van der Waals surface area (Å²) >= 11 is 0. The molecule has 20 heavy (non-hydrogen) atoms. The Morgan fingerprint density at radius 2 is 2.05 bits per heavy atom. The Morgan fingerprint density at radius 1 is 1.35 bits per heavy atom. The second kappa shape index (κ2) is 5.12. The lowest BCUT2D eigenvalue weighted by molar-refractivity contribution is 0.0999. The van der Waals surface area contributed by atoms with Crippen LogP contribution in [0.25, 0.3) is 5.69 Å². The Morgan fingerprint density at radius 3 is 2.65 bits per heavy atom. The van der Waals surface area contributed by atoms with Crippen molar-refractivity contribution >= 4 is 5.91 Å². The van der Waals surface area contributed by atoms with Gasteiger partial charge in [-0.3, -0.25) is 14.2 Å². The van der Waals surface area contributed by atoms with Gasteiger partial charge in [0.1, 0.15) is 6.20 Å². The molecule has 7 heteroatoms. The maximum atomic E-state index is 12.1. The summed E-state index contributed by atoms with van der Waals surface area (Å²) < 4.78 is 2.12. The number of benzene rings is 1. The normalized spacial score (nSPS) is 10.5. The van der Waals surface area contributed by atoms with E-state index >= 15 is 0 Å². The van der Waals surface area contributed by atoms with Gasteiger partial charge in [0.2, 0.25) is 5.91 Å². The molecular weight excluding hydrogens is 260 g/mol. The maximum absolute atomic E-state index is 12.1. The molecule has 0 radical (unpaired) electrons. The highest BCUT2D eigenvalue weighted by Crippen LogP contribution is 2.12. The number of rotatable bonds is 3. The first-order chi connectivity index (χ1) is 9.45. The summed E-state index contributed by atoms with van der Waals surface area (Å²) in [4.78, 5) is 35.0. The number of nitrogens with two attached hydrogens (primary N) is 1. The van der Waals surface area contributed by atoms with Crippen molar-refractivity contribution in [1.82, 2.24) is 14.3 Å². The Hall–Kier alpha value is -2.70. The first kappa shape index (κ1) is 13.7. The van der Waals surface area contributed by atoms with Gasteiger partial charge in [-0.25, -0.2) is 4.79 Å². The summed E-state index contributed by atoms with van der Waals surface area (Å²) in [6.45, 7) is 3.68. The summed E-state index contributed by atoms with van der Waals surface area (Å²) in [6, 6.07) is 4.79. The second-order valence-electron chi connectivity index (χ2n) is 4.28. The van der Waals surface area contributed by atoms with Crippen LogP contribution in [0.3, 0.4) is 0 Å². The molecule has 7 nitrogen and oxygen atoms in total. The minimum absolute atomic E-state index is 0.245. The summed E-state index contributed by atoms with van der Waals surface area (Å²) in [7, 11) is 0. The maximum Gasteiger partial charge on any atom is 0.352 e. The van der Waals surface area contributed by atoms with Gasteiger partial charge in [0, 0.05) is 12.1 Å². The van der Waals surface area contributed by atoms with Crippen molar-refractivity contribution in [2.24, 2.45) is 5.73 Å². The van der Waals surface area contributed by atoms with Crippen molar-refractivity contribution < 1.29 is 4.79 Å². The van der Waals surface area contributed by atoms with Crippen LogP contribution >= 0.6 is 0 Å². The van der Waals surface area contributed by atoms with Crippen molar-refractivity contribution in [2.75, 3.05) is 0 Å². The summed E-state index contributed by atoms with van der Waals surface area (Å²) in [5.41, 5.74) is 5.66. The van der Waals surface area contributed by atoms with Gasteiger partial charge in [-0.1, -0.05) is 6.07 Å². The van der Waals surface area contributed by atoms with E-state index in [0.29, 0.717) is 16.8 Å². The number of aryl methyl sites for hydroxylation is 1. The van der Waals surface area contributed by atoms with Gasteiger partial charge in [0.15, 0.2) is 0 Å². The lowest BCUT2D eigenvalue weighted by atomic mass is 10.1. The third-order valence-electron chi connectivity index (χ3n) is 3.01. The monoisotopic (exact) mass is 274 g/mol. The lowest BCUT2D eigenvalue weighted by Gasteiger charge is -2.09. The van der Waals surface area contributed by atoms with Crippen LogP contribution in [0.5, 0.6) is 0 Å². The Balaban J connectivity index is 2.70. The molecule has 0 aliphatic rings. The highest BCUT2D eigenvalue weighted by atomic mass is 16.2. The molecular formula is C13H14N4O3. The fourth-order valence-electron chi connectivity index (χ4n) is 1.91. The Bertz CT molecular complexity index is 789. The molecule has 0 unspecified atom stereocenters. The third kappa shape index (κ3) is 2.25. The molecule has 1 heterocycles. The topological polar surface area (TPSA) is 100.0 Å². The molecule has 0 aliphatic carbocycles. The molecule has 2 N–H and O–H groups in total. The third-order valence-corrected chi connectivity index (χ3v) is 3.01. The van der Waals surface area contributed by atoms with Gasteiger partial charge in [0.25, 0.3) is 5.56 Å². The molecule has 2 rings (SSSR count). The van der Waals surface area contributed by atoms with E-state index in [1.165, 1.54) is 6.07 Å². The van der Waals surface area contributed by atoms with Crippen molar-refractivity contribution in [1.29, 1.82) is 0 Å². The average molecular weight is 274 g/mol. The average Bonchev–Trinajstić information content (AvgIpc) is 2.40. The molecule has 0 bridgehead atoms. The molecule has 104 valence electrons. The molecule has 0 saturated carbocycles. The molecule has 1 amide bonds. The first-order valence-corrected chi connectivity index (χ1v) is 6.05. The van der Waals surface area contributed by atoms with E-state index in [-0.39, 0.29) is 6.54 Å². The molecule has 1 aromatic heterocycles. The van der Waals surface area contributed by atoms with Gasteiger partial charge in [-0.2, -0.15) is 9.78 Å². The highest BCUT2D eigenvalue weighted by molar-refractivity contribution is 5.94. The molecule has 0 saturated heterocycles. The molecule has 0 atom stereocenters. The highest BCUT2D eigenvalue weighted by Gasteiger charge is 2.11. The number of carbonyl (C=O) groups excluding carboxylic acids is 1. The minimum atomic E-state index is -0.582. The summed E-state index contributed by atoms with van der Waals surface area (Å²) in [6.07, 6.45) is 1.06. The largest absolute Gasteiger partial charge is 0.366 e. The van der Waals surface area contributed by atoms with E-state index in [1.54, 1.807) is 26.0 Å². The van der Waals surface area contributed by atoms with Gasteiger partial charge in [-0.15, -0.1) is 0 Å². The summed E-state index contributed by atoms with van der Waals surface area (Å²) in [5.74, 6) is -0.582. The minimum Gasteiger partial charge on any atom is -0.366 e. The zero-order valence-corrected chi connectivity index (χ0v) is 11.2. The van der Waals surface area contributed by atoms with Gasteiger partial charge in [-0.05, 0) is 31.5 Å². The SMILES string of the molecule is CCn1c(=O)cnn(-c2ccc(C)c(C(N)=O)c2)c1=O.